The van der Waals surface area contributed by atoms with E-state index in [1.165, 1.54) is 10.8 Å². The number of anilines is 1. The normalized spacial score (nSPS) is 11.7. The van der Waals surface area contributed by atoms with E-state index < -0.39 is 17.6 Å². The van der Waals surface area contributed by atoms with E-state index in [1.807, 2.05) is 24.3 Å². The third kappa shape index (κ3) is 4.85. The zero-order chi connectivity index (χ0) is 23.4. The first-order chi connectivity index (χ1) is 15.9. The molecule has 1 atom stereocenters. The van der Waals surface area contributed by atoms with Gasteiger partial charge in [-0.2, -0.15) is 0 Å². The number of aryl methyl sites for hydroxylation is 1. The van der Waals surface area contributed by atoms with Gasteiger partial charge in [-0.15, -0.1) is 5.10 Å². The highest BCUT2D eigenvalue weighted by Gasteiger charge is 2.22. The Bertz CT molecular complexity index is 1320. The lowest BCUT2D eigenvalue weighted by molar-refractivity contribution is 0.249. The van der Waals surface area contributed by atoms with Crippen LogP contribution >= 0.6 is 11.6 Å². The second-order valence-electron chi connectivity index (χ2n) is 7.29. The molecule has 0 saturated carbocycles. The minimum absolute atomic E-state index is 0.173. The number of aromatic nitrogens is 5. The van der Waals surface area contributed by atoms with Crippen LogP contribution in [0.1, 0.15) is 28.6 Å². The van der Waals surface area contributed by atoms with Gasteiger partial charge in [0.1, 0.15) is 11.8 Å². The summed E-state index contributed by atoms with van der Waals surface area (Å²) in [5, 5.41) is 29.8. The minimum atomic E-state index is -0.720. The van der Waals surface area contributed by atoms with Crippen molar-refractivity contribution >= 4 is 23.3 Å². The number of benzene rings is 2. The molecule has 4 rings (SSSR count). The molecule has 2 aromatic heterocycles. The van der Waals surface area contributed by atoms with Crippen LogP contribution in [0.4, 0.5) is 10.5 Å². The van der Waals surface area contributed by atoms with Gasteiger partial charge < -0.3 is 20.3 Å². The zero-order valence-corrected chi connectivity index (χ0v) is 18.2. The van der Waals surface area contributed by atoms with Gasteiger partial charge in [0.25, 0.3) is 5.56 Å². The molecule has 0 bridgehead atoms. The van der Waals surface area contributed by atoms with E-state index in [9.17, 15) is 14.7 Å². The number of hydrogen-bond donors (Lipinski definition) is 4. The standard InChI is InChI=1S/C22H20ClN7O3/c1-13-11-30(12-15-9-5-6-10-16(15)23)21(32)18(19(13)31)25-22(33)24-17(20-26-28-29-27-20)14-7-3-2-4-8-14/h2-11,17,31H,12H2,1H3,(H2,24,25,33)(H,26,27,28,29). The fourth-order valence-corrected chi connectivity index (χ4v) is 3.56. The summed E-state index contributed by atoms with van der Waals surface area (Å²) >= 11 is 6.22. The summed E-state index contributed by atoms with van der Waals surface area (Å²) in [6.45, 7) is 1.81. The van der Waals surface area contributed by atoms with E-state index in [-0.39, 0.29) is 18.0 Å². The number of urea groups is 1. The third-order valence-corrected chi connectivity index (χ3v) is 5.38. The first kappa shape index (κ1) is 22.0. The predicted octanol–water partition coefficient (Wildman–Crippen LogP) is 2.99. The van der Waals surface area contributed by atoms with Gasteiger partial charge in [0.15, 0.2) is 11.5 Å². The summed E-state index contributed by atoms with van der Waals surface area (Å²) in [6, 6.07) is 14.8. The number of carbonyl (C=O) groups is 1. The molecule has 0 aliphatic carbocycles. The van der Waals surface area contributed by atoms with Crippen LogP contribution in [0.25, 0.3) is 0 Å². The Morgan fingerprint density at radius 3 is 2.61 bits per heavy atom. The quantitative estimate of drug-likeness (QED) is 0.345. The number of rotatable bonds is 6. The highest BCUT2D eigenvalue weighted by molar-refractivity contribution is 6.31. The largest absolute Gasteiger partial charge is 0.505 e. The fraction of sp³-hybridized carbons (Fsp3) is 0.136. The number of nitrogens with one attached hydrogen (secondary N) is 3. The van der Waals surface area contributed by atoms with Gasteiger partial charge in [-0.1, -0.05) is 60.1 Å². The maximum atomic E-state index is 13.1. The number of aromatic hydroxyl groups is 1. The molecule has 0 fully saturated rings. The maximum absolute atomic E-state index is 13.1. The molecule has 0 saturated heterocycles. The SMILES string of the molecule is Cc1cn(Cc2ccccc2Cl)c(=O)c(NC(=O)NC(c2ccccc2)c2nnn[nH]2)c1O. The molecule has 0 aliphatic heterocycles. The van der Waals surface area contributed by atoms with Crippen LogP contribution in [0.5, 0.6) is 5.75 Å². The number of hydrogen-bond acceptors (Lipinski definition) is 6. The van der Waals surface area contributed by atoms with Crippen molar-refractivity contribution in [2.45, 2.75) is 19.5 Å². The Labute approximate surface area is 193 Å². The molecule has 0 aliphatic rings. The highest BCUT2D eigenvalue weighted by atomic mass is 35.5. The van der Waals surface area contributed by atoms with E-state index in [0.717, 1.165) is 11.1 Å². The predicted molar refractivity (Wildman–Crippen MR) is 122 cm³/mol. The summed E-state index contributed by atoms with van der Waals surface area (Å²) in [6.07, 6.45) is 1.51. The Hall–Kier alpha value is -4.18. The molecule has 2 aromatic carbocycles. The molecule has 1 unspecified atom stereocenters. The van der Waals surface area contributed by atoms with E-state index in [1.54, 1.807) is 37.3 Å². The molecule has 11 heteroatoms. The van der Waals surface area contributed by atoms with E-state index >= 15 is 0 Å². The van der Waals surface area contributed by atoms with Crippen molar-refractivity contribution in [3.63, 3.8) is 0 Å². The lowest BCUT2D eigenvalue weighted by Crippen LogP contribution is -2.36. The number of tetrazole rings is 1. The number of aromatic amines is 1. The second kappa shape index (κ2) is 9.53. The van der Waals surface area contributed by atoms with Crippen molar-refractivity contribution in [1.82, 2.24) is 30.5 Å². The van der Waals surface area contributed by atoms with Crippen molar-refractivity contribution in [2.75, 3.05) is 5.32 Å². The Balaban J connectivity index is 1.61. The molecule has 0 radical (unpaired) electrons. The summed E-state index contributed by atoms with van der Waals surface area (Å²) in [7, 11) is 0. The summed E-state index contributed by atoms with van der Waals surface area (Å²) in [4.78, 5) is 25.9. The fourth-order valence-electron chi connectivity index (χ4n) is 3.36. The summed E-state index contributed by atoms with van der Waals surface area (Å²) < 4.78 is 1.38. The number of carbonyl (C=O) groups excluding carboxylic acids is 1. The zero-order valence-electron chi connectivity index (χ0n) is 17.5. The van der Waals surface area contributed by atoms with Crippen LogP contribution in [0, 0.1) is 6.92 Å². The average molecular weight is 466 g/mol. The molecule has 2 amide bonds. The maximum Gasteiger partial charge on any atom is 0.320 e. The summed E-state index contributed by atoms with van der Waals surface area (Å²) in [5.74, 6) is -0.0101. The first-order valence-corrected chi connectivity index (χ1v) is 10.3. The number of H-pyrrole nitrogens is 1. The molecule has 4 N–H and O–H groups in total. The van der Waals surface area contributed by atoms with Crippen molar-refractivity contribution in [2.24, 2.45) is 0 Å². The Morgan fingerprint density at radius 1 is 1.18 bits per heavy atom. The van der Waals surface area contributed by atoms with E-state index in [0.29, 0.717) is 16.4 Å². The third-order valence-electron chi connectivity index (χ3n) is 5.02. The van der Waals surface area contributed by atoms with Crippen LogP contribution in [-0.2, 0) is 6.54 Å². The number of halogens is 1. The van der Waals surface area contributed by atoms with Gasteiger partial charge in [0, 0.05) is 16.8 Å². The molecule has 168 valence electrons. The van der Waals surface area contributed by atoms with Crippen LogP contribution in [0.2, 0.25) is 5.02 Å². The van der Waals surface area contributed by atoms with Crippen LogP contribution < -0.4 is 16.2 Å². The number of pyridine rings is 1. The number of nitrogens with zero attached hydrogens (tertiary/aromatic N) is 4. The number of amides is 2. The van der Waals surface area contributed by atoms with Crippen molar-refractivity contribution < 1.29 is 9.90 Å². The molecule has 10 nitrogen and oxygen atoms in total. The summed E-state index contributed by atoms with van der Waals surface area (Å²) in [5.41, 5.74) is 1.03. The second-order valence-corrected chi connectivity index (χ2v) is 7.70. The van der Waals surface area contributed by atoms with Crippen molar-refractivity contribution in [3.8, 4) is 5.75 Å². The van der Waals surface area contributed by atoms with E-state index in [2.05, 4.69) is 31.3 Å². The molecular weight excluding hydrogens is 446 g/mol. The van der Waals surface area contributed by atoms with Gasteiger partial charge in [0.05, 0.1) is 6.54 Å². The Morgan fingerprint density at radius 2 is 1.91 bits per heavy atom. The van der Waals surface area contributed by atoms with Crippen LogP contribution in [0.15, 0.2) is 65.6 Å². The lowest BCUT2D eigenvalue weighted by atomic mass is 10.1. The minimum Gasteiger partial charge on any atom is -0.505 e. The van der Waals surface area contributed by atoms with Gasteiger partial charge in [-0.25, -0.2) is 9.89 Å². The van der Waals surface area contributed by atoms with Crippen LogP contribution in [0.3, 0.4) is 0 Å². The topological polar surface area (TPSA) is 138 Å². The first-order valence-electron chi connectivity index (χ1n) is 9.96. The van der Waals surface area contributed by atoms with Crippen molar-refractivity contribution in [1.29, 1.82) is 0 Å². The van der Waals surface area contributed by atoms with Crippen LogP contribution in [-0.4, -0.2) is 36.3 Å². The highest BCUT2D eigenvalue weighted by Crippen LogP contribution is 2.25. The van der Waals surface area contributed by atoms with Gasteiger partial charge in [-0.3, -0.25) is 4.79 Å². The monoisotopic (exact) mass is 465 g/mol. The molecule has 33 heavy (non-hydrogen) atoms. The Kier molecular flexibility index (Phi) is 6.36. The molecule has 2 heterocycles. The van der Waals surface area contributed by atoms with Crippen molar-refractivity contribution in [3.05, 3.63) is 98.7 Å². The van der Waals surface area contributed by atoms with E-state index in [4.69, 9.17) is 11.6 Å². The smallest absolute Gasteiger partial charge is 0.320 e. The van der Waals surface area contributed by atoms with Gasteiger partial charge >= 0.3 is 6.03 Å². The van der Waals surface area contributed by atoms with Gasteiger partial charge in [-0.05, 0) is 34.5 Å². The average Bonchev–Trinajstić information content (AvgIpc) is 3.35. The lowest BCUT2D eigenvalue weighted by Gasteiger charge is -2.18. The molecule has 0 spiro atoms. The van der Waals surface area contributed by atoms with Gasteiger partial charge in [0.2, 0.25) is 0 Å². The molecular formula is C22H20ClN7O3. The molecule has 4 aromatic rings.